The molecule has 0 unspecified atom stereocenters. The number of rotatable bonds is 7. The van der Waals surface area contributed by atoms with E-state index in [0.29, 0.717) is 30.5 Å². The number of benzene rings is 2. The summed E-state index contributed by atoms with van der Waals surface area (Å²) in [5, 5.41) is 7.62. The first-order valence-electron chi connectivity index (χ1n) is 10.1. The number of amides is 1. The van der Waals surface area contributed by atoms with Crippen LogP contribution in [0.15, 0.2) is 59.1 Å². The van der Waals surface area contributed by atoms with Gasteiger partial charge in [0, 0.05) is 36.3 Å². The Kier molecular flexibility index (Phi) is 6.86. The molecule has 8 heteroatoms. The zero-order valence-electron chi connectivity index (χ0n) is 17.2. The lowest BCUT2D eigenvalue weighted by Crippen LogP contribution is -2.43. The van der Waals surface area contributed by atoms with E-state index >= 15 is 0 Å². The van der Waals surface area contributed by atoms with Crippen LogP contribution in [0.2, 0.25) is 5.02 Å². The molecular weight excluding hydrogens is 418 g/mol. The highest BCUT2D eigenvalue weighted by Gasteiger charge is 2.24. The van der Waals surface area contributed by atoms with Crippen LogP contribution in [-0.2, 0) is 4.74 Å². The monoisotopic (exact) mass is 441 g/mol. The van der Waals surface area contributed by atoms with Crippen molar-refractivity contribution < 1.29 is 18.8 Å². The fraction of sp³-hybridized carbons (Fsp3) is 0.304. The minimum absolute atomic E-state index is 0.0121. The Balaban J connectivity index is 1.44. The topological polar surface area (TPSA) is 76.8 Å². The molecule has 1 amide bonds. The van der Waals surface area contributed by atoms with E-state index in [-0.39, 0.29) is 17.6 Å². The first-order valence-corrected chi connectivity index (χ1v) is 10.5. The highest BCUT2D eigenvalue weighted by Crippen LogP contribution is 2.25. The molecule has 2 heterocycles. The molecule has 0 bridgehead atoms. The maximum absolute atomic E-state index is 12.7. The maximum Gasteiger partial charge on any atom is 0.273 e. The van der Waals surface area contributed by atoms with Gasteiger partial charge in [-0.25, -0.2) is 0 Å². The van der Waals surface area contributed by atoms with Crippen LogP contribution in [-0.4, -0.2) is 55.9 Å². The molecule has 0 spiro atoms. The summed E-state index contributed by atoms with van der Waals surface area (Å²) < 4.78 is 16.0. The second kappa shape index (κ2) is 9.96. The summed E-state index contributed by atoms with van der Waals surface area (Å²) in [6.45, 7) is 3.38. The zero-order valence-corrected chi connectivity index (χ0v) is 18.0. The van der Waals surface area contributed by atoms with Gasteiger partial charge in [-0.1, -0.05) is 28.9 Å². The molecule has 1 aliphatic rings. The summed E-state index contributed by atoms with van der Waals surface area (Å²) in [4.78, 5) is 15.0. The normalized spacial score (nSPS) is 15.4. The van der Waals surface area contributed by atoms with Crippen LogP contribution >= 0.6 is 11.6 Å². The van der Waals surface area contributed by atoms with Crippen LogP contribution in [0.3, 0.4) is 0 Å². The van der Waals surface area contributed by atoms with E-state index in [2.05, 4.69) is 15.4 Å². The minimum Gasteiger partial charge on any atom is -0.497 e. The smallest absolute Gasteiger partial charge is 0.273 e. The number of carbonyl (C=O) groups excluding carboxylic acids is 1. The summed E-state index contributed by atoms with van der Waals surface area (Å²) >= 11 is 6.05. The third-order valence-electron chi connectivity index (χ3n) is 5.31. The predicted octanol–water partition coefficient (Wildman–Crippen LogP) is 3.81. The highest BCUT2D eigenvalue weighted by molar-refractivity contribution is 6.30. The molecule has 1 fully saturated rings. The van der Waals surface area contributed by atoms with E-state index in [1.807, 2.05) is 48.5 Å². The molecule has 1 atom stereocenters. The third-order valence-corrected chi connectivity index (χ3v) is 5.57. The van der Waals surface area contributed by atoms with Crippen molar-refractivity contribution in [2.45, 2.75) is 6.04 Å². The molecule has 0 saturated carbocycles. The summed E-state index contributed by atoms with van der Waals surface area (Å²) in [5.41, 5.74) is 2.15. The van der Waals surface area contributed by atoms with E-state index in [1.54, 1.807) is 13.2 Å². The lowest BCUT2D eigenvalue weighted by molar-refractivity contribution is 0.0162. The standard InChI is InChI=1S/C23H24ClN3O4/c1-29-19-8-4-17(5-9-19)22-14-20(26-31-22)23(28)25-15-21(27-10-12-30-13-11-27)16-2-6-18(24)7-3-16/h2-9,14,21H,10-13,15H2,1H3,(H,25,28)/t21-/m0/s1. The molecule has 4 rings (SSSR count). The SMILES string of the molecule is COc1ccc(-c2cc(C(=O)NC[C@@H](c3ccc(Cl)cc3)N3CCOCC3)no2)cc1. The Morgan fingerprint density at radius 3 is 2.55 bits per heavy atom. The van der Waals surface area contributed by atoms with Crippen molar-refractivity contribution in [2.75, 3.05) is 40.0 Å². The average Bonchev–Trinajstić information content (AvgIpc) is 3.31. The van der Waals surface area contributed by atoms with E-state index < -0.39 is 0 Å². The summed E-state index contributed by atoms with van der Waals surface area (Å²) in [7, 11) is 1.61. The Morgan fingerprint density at radius 2 is 1.87 bits per heavy atom. The van der Waals surface area contributed by atoms with Crippen LogP contribution < -0.4 is 10.1 Å². The van der Waals surface area contributed by atoms with Gasteiger partial charge in [-0.15, -0.1) is 0 Å². The summed E-state index contributed by atoms with van der Waals surface area (Å²) in [6, 6.07) is 16.7. The Hall–Kier alpha value is -2.87. The van der Waals surface area contributed by atoms with E-state index in [0.717, 1.165) is 30.0 Å². The largest absolute Gasteiger partial charge is 0.497 e. The van der Waals surface area contributed by atoms with Gasteiger partial charge in [0.25, 0.3) is 5.91 Å². The number of methoxy groups -OCH3 is 1. The van der Waals surface area contributed by atoms with E-state index in [1.165, 1.54) is 0 Å². The van der Waals surface area contributed by atoms with Gasteiger partial charge in [0.2, 0.25) is 0 Å². The maximum atomic E-state index is 12.7. The van der Waals surface area contributed by atoms with Gasteiger partial charge in [-0.2, -0.15) is 0 Å². The number of carbonyl (C=O) groups is 1. The second-order valence-electron chi connectivity index (χ2n) is 7.23. The lowest BCUT2D eigenvalue weighted by atomic mass is 10.0. The Bertz CT molecular complexity index is 998. The van der Waals surface area contributed by atoms with Crippen molar-refractivity contribution in [3.05, 3.63) is 70.9 Å². The van der Waals surface area contributed by atoms with E-state index in [9.17, 15) is 4.79 Å². The molecule has 0 aliphatic carbocycles. The molecule has 162 valence electrons. The van der Waals surface area contributed by atoms with Crippen molar-refractivity contribution in [2.24, 2.45) is 0 Å². The molecule has 3 aromatic rings. The van der Waals surface area contributed by atoms with Gasteiger partial charge < -0.3 is 19.3 Å². The van der Waals surface area contributed by atoms with Crippen molar-refractivity contribution in [3.63, 3.8) is 0 Å². The minimum atomic E-state index is -0.282. The van der Waals surface area contributed by atoms with Crippen LogP contribution in [0.4, 0.5) is 0 Å². The van der Waals surface area contributed by atoms with Gasteiger partial charge in [0.05, 0.1) is 26.4 Å². The second-order valence-corrected chi connectivity index (χ2v) is 7.67. The van der Waals surface area contributed by atoms with Gasteiger partial charge in [0.1, 0.15) is 5.75 Å². The highest BCUT2D eigenvalue weighted by atomic mass is 35.5. The van der Waals surface area contributed by atoms with Crippen LogP contribution in [0.5, 0.6) is 5.75 Å². The molecular formula is C23H24ClN3O4. The molecule has 7 nitrogen and oxygen atoms in total. The third kappa shape index (κ3) is 5.25. The number of nitrogens with zero attached hydrogens (tertiary/aromatic N) is 2. The average molecular weight is 442 g/mol. The molecule has 2 aromatic carbocycles. The number of ether oxygens (including phenoxy) is 2. The first-order chi connectivity index (χ1) is 15.1. The van der Waals surface area contributed by atoms with Gasteiger partial charge >= 0.3 is 0 Å². The zero-order chi connectivity index (χ0) is 21.6. The number of halogens is 1. The lowest BCUT2D eigenvalue weighted by Gasteiger charge is -2.34. The number of hydrogen-bond donors (Lipinski definition) is 1. The fourth-order valence-corrected chi connectivity index (χ4v) is 3.71. The molecule has 1 saturated heterocycles. The first kappa shape index (κ1) is 21.4. The van der Waals surface area contributed by atoms with Crippen molar-refractivity contribution in [1.29, 1.82) is 0 Å². The Labute approximate surface area is 185 Å². The summed E-state index contributed by atoms with van der Waals surface area (Å²) in [6.07, 6.45) is 0. The fourth-order valence-electron chi connectivity index (χ4n) is 3.59. The number of morpholine rings is 1. The van der Waals surface area contributed by atoms with Crippen molar-refractivity contribution >= 4 is 17.5 Å². The van der Waals surface area contributed by atoms with Crippen LogP contribution in [0, 0.1) is 0 Å². The molecule has 31 heavy (non-hydrogen) atoms. The number of hydrogen-bond acceptors (Lipinski definition) is 6. The predicted molar refractivity (Wildman–Crippen MR) is 117 cm³/mol. The molecule has 1 aromatic heterocycles. The van der Waals surface area contributed by atoms with E-state index in [4.69, 9.17) is 25.6 Å². The Morgan fingerprint density at radius 1 is 1.16 bits per heavy atom. The van der Waals surface area contributed by atoms with Crippen LogP contribution in [0.1, 0.15) is 22.1 Å². The van der Waals surface area contributed by atoms with Crippen molar-refractivity contribution in [1.82, 2.24) is 15.4 Å². The number of aromatic nitrogens is 1. The van der Waals surface area contributed by atoms with Gasteiger partial charge in [-0.05, 0) is 42.0 Å². The molecule has 1 N–H and O–H groups in total. The van der Waals surface area contributed by atoms with Gasteiger partial charge in [-0.3, -0.25) is 9.69 Å². The molecule has 1 aliphatic heterocycles. The number of nitrogens with one attached hydrogen (secondary N) is 1. The quantitative estimate of drug-likeness (QED) is 0.600. The van der Waals surface area contributed by atoms with Crippen molar-refractivity contribution in [3.8, 4) is 17.1 Å². The van der Waals surface area contributed by atoms with Gasteiger partial charge in [0.15, 0.2) is 11.5 Å². The molecule has 0 radical (unpaired) electrons. The van der Waals surface area contributed by atoms with Crippen LogP contribution in [0.25, 0.3) is 11.3 Å². The summed E-state index contributed by atoms with van der Waals surface area (Å²) in [5.74, 6) is 0.989.